The average molecular weight is 369 g/mol. The average Bonchev–Trinajstić information content (AvgIpc) is 2.53. The summed E-state index contributed by atoms with van der Waals surface area (Å²) in [4.78, 5) is 1.32. The Labute approximate surface area is 152 Å². The minimum absolute atomic E-state index is 0.367. The van der Waals surface area contributed by atoms with E-state index in [0.717, 1.165) is 25.2 Å². The van der Waals surface area contributed by atoms with Crippen LogP contribution >= 0.6 is 11.8 Å². The van der Waals surface area contributed by atoms with Crippen molar-refractivity contribution in [2.75, 3.05) is 12.0 Å². The van der Waals surface area contributed by atoms with E-state index in [1.54, 1.807) is 11.8 Å². The van der Waals surface area contributed by atoms with Gasteiger partial charge in [-0.15, -0.1) is 11.8 Å². The summed E-state index contributed by atoms with van der Waals surface area (Å²) in [5.74, 6) is 1.50. The molecule has 24 heavy (non-hydrogen) atoms. The topological polar surface area (TPSA) is 34.1 Å². The van der Waals surface area contributed by atoms with Crippen molar-refractivity contribution in [3.8, 4) is 0 Å². The van der Waals surface area contributed by atoms with E-state index < -0.39 is 14.6 Å². The van der Waals surface area contributed by atoms with E-state index in [2.05, 4.69) is 30.5 Å². The summed E-state index contributed by atoms with van der Waals surface area (Å²) in [5, 5.41) is 0. The normalized spacial score (nSPS) is 22.5. The van der Waals surface area contributed by atoms with Crippen LogP contribution in [0.3, 0.4) is 0 Å². The monoisotopic (exact) mass is 368 g/mol. The van der Waals surface area contributed by atoms with Crippen LogP contribution in [0.15, 0.2) is 29.2 Å². The second-order valence-corrected chi connectivity index (χ2v) is 11.8. The van der Waals surface area contributed by atoms with Crippen LogP contribution in [0.25, 0.3) is 0 Å². The molecule has 0 aromatic heterocycles. The summed E-state index contributed by atoms with van der Waals surface area (Å²) in [7, 11) is -2.98. The molecule has 4 heteroatoms. The molecule has 0 unspecified atom stereocenters. The summed E-state index contributed by atoms with van der Waals surface area (Å²) in [6.07, 6.45) is 9.01. The Bertz CT molecular complexity index is 604. The zero-order valence-electron chi connectivity index (χ0n) is 15.5. The van der Waals surface area contributed by atoms with Gasteiger partial charge in [-0.3, -0.25) is 0 Å². The van der Waals surface area contributed by atoms with E-state index in [9.17, 15) is 8.42 Å². The van der Waals surface area contributed by atoms with E-state index in [1.807, 2.05) is 20.8 Å². The lowest BCUT2D eigenvalue weighted by molar-refractivity contribution is 0.278. The maximum absolute atomic E-state index is 12.4. The van der Waals surface area contributed by atoms with Crippen LogP contribution in [0.1, 0.15) is 58.4 Å². The fourth-order valence-electron chi connectivity index (χ4n) is 3.41. The van der Waals surface area contributed by atoms with Crippen LogP contribution in [-0.2, 0) is 16.3 Å². The first-order chi connectivity index (χ1) is 11.2. The highest BCUT2D eigenvalue weighted by Gasteiger charge is 2.33. The fraction of sp³-hybridized carbons (Fsp3) is 0.700. The maximum Gasteiger partial charge on any atom is 0.155 e. The van der Waals surface area contributed by atoms with Crippen LogP contribution in [0.2, 0.25) is 0 Å². The molecule has 0 heterocycles. The predicted octanol–water partition coefficient (Wildman–Crippen LogP) is 5.36. The molecule has 2 nitrogen and oxygen atoms in total. The van der Waals surface area contributed by atoms with Gasteiger partial charge in [0.25, 0.3) is 0 Å². The molecule has 1 aliphatic carbocycles. The Kier molecular flexibility index (Phi) is 6.83. The second kappa shape index (κ2) is 8.27. The van der Waals surface area contributed by atoms with Gasteiger partial charge in [0.15, 0.2) is 9.84 Å². The van der Waals surface area contributed by atoms with Gasteiger partial charge in [0, 0.05) is 4.90 Å². The summed E-state index contributed by atoms with van der Waals surface area (Å²) < 4.78 is 24.1. The van der Waals surface area contributed by atoms with Crippen molar-refractivity contribution in [3.05, 3.63) is 29.8 Å². The van der Waals surface area contributed by atoms with Gasteiger partial charge in [-0.25, -0.2) is 8.42 Å². The lowest BCUT2D eigenvalue weighted by Gasteiger charge is -2.30. The van der Waals surface area contributed by atoms with Crippen molar-refractivity contribution in [3.63, 3.8) is 0 Å². The molecule has 0 aliphatic heterocycles. The summed E-state index contributed by atoms with van der Waals surface area (Å²) in [6, 6.07) is 8.89. The summed E-state index contributed by atoms with van der Waals surface area (Å²) in [5.41, 5.74) is 1.42. The van der Waals surface area contributed by atoms with E-state index >= 15 is 0 Å². The molecule has 136 valence electrons. The molecule has 0 bridgehead atoms. The third-order valence-corrected chi connectivity index (χ3v) is 8.87. The molecule has 1 saturated carbocycles. The predicted molar refractivity (Wildman–Crippen MR) is 106 cm³/mol. The van der Waals surface area contributed by atoms with Crippen LogP contribution in [0.4, 0.5) is 0 Å². The molecule has 0 spiro atoms. The standard InChI is InChI=1S/C20H32O2S2/c1-20(2,3)24(21,22)15-18-9-7-16(8-10-18)5-6-17-11-13-19(23-4)14-12-17/h11-14,16,18H,5-10,15H2,1-4H3. The van der Waals surface area contributed by atoms with Gasteiger partial charge in [-0.2, -0.15) is 0 Å². The molecular weight excluding hydrogens is 336 g/mol. The van der Waals surface area contributed by atoms with Crippen molar-refractivity contribution in [2.24, 2.45) is 11.8 Å². The number of hydrogen-bond acceptors (Lipinski definition) is 3. The summed E-state index contributed by atoms with van der Waals surface area (Å²) >= 11 is 1.78. The quantitative estimate of drug-likeness (QED) is 0.634. The van der Waals surface area contributed by atoms with Gasteiger partial charge >= 0.3 is 0 Å². The number of hydrogen-bond donors (Lipinski definition) is 0. The number of rotatable bonds is 6. The Morgan fingerprint density at radius 1 is 1.00 bits per heavy atom. The molecule has 0 N–H and O–H groups in total. The number of thioether (sulfide) groups is 1. The molecule has 0 radical (unpaired) electrons. The highest BCUT2D eigenvalue weighted by atomic mass is 32.2. The third kappa shape index (κ3) is 5.52. The first-order valence-electron chi connectivity index (χ1n) is 9.06. The van der Waals surface area contributed by atoms with Gasteiger partial charge in [0.1, 0.15) is 0 Å². The smallest absolute Gasteiger partial charge is 0.155 e. The molecule has 1 aliphatic rings. The Balaban J connectivity index is 1.76. The van der Waals surface area contributed by atoms with Crippen molar-refractivity contribution in [1.29, 1.82) is 0 Å². The lowest BCUT2D eigenvalue weighted by Crippen LogP contribution is -2.34. The van der Waals surface area contributed by atoms with Crippen molar-refractivity contribution >= 4 is 21.6 Å². The van der Waals surface area contributed by atoms with Crippen LogP contribution in [0, 0.1) is 11.8 Å². The highest BCUT2D eigenvalue weighted by molar-refractivity contribution is 7.98. The van der Waals surface area contributed by atoms with E-state index in [-0.39, 0.29) is 0 Å². The van der Waals surface area contributed by atoms with E-state index in [0.29, 0.717) is 11.7 Å². The third-order valence-electron chi connectivity index (χ3n) is 5.35. The van der Waals surface area contributed by atoms with Crippen molar-refractivity contribution < 1.29 is 8.42 Å². The van der Waals surface area contributed by atoms with Gasteiger partial charge in [-0.1, -0.05) is 25.0 Å². The van der Waals surface area contributed by atoms with Gasteiger partial charge in [0.05, 0.1) is 10.5 Å². The molecule has 0 saturated heterocycles. The molecule has 1 fully saturated rings. The minimum atomic E-state index is -2.98. The molecule has 1 aromatic carbocycles. The van der Waals surface area contributed by atoms with Crippen LogP contribution in [-0.4, -0.2) is 25.2 Å². The number of benzene rings is 1. The largest absolute Gasteiger partial charge is 0.228 e. The Morgan fingerprint density at radius 3 is 2.04 bits per heavy atom. The first kappa shape index (κ1) is 19.8. The second-order valence-electron chi connectivity index (χ2n) is 8.17. The number of sulfone groups is 1. The maximum atomic E-state index is 12.4. The number of aryl methyl sites for hydroxylation is 1. The van der Waals surface area contributed by atoms with Crippen LogP contribution in [0.5, 0.6) is 0 Å². The Morgan fingerprint density at radius 2 is 1.54 bits per heavy atom. The van der Waals surface area contributed by atoms with Crippen molar-refractivity contribution in [1.82, 2.24) is 0 Å². The Hall–Kier alpha value is -0.480. The van der Waals surface area contributed by atoms with Gasteiger partial charge < -0.3 is 0 Å². The molecule has 2 rings (SSSR count). The molecule has 1 aromatic rings. The van der Waals surface area contributed by atoms with Gasteiger partial charge in [-0.05, 0) is 82.2 Å². The van der Waals surface area contributed by atoms with Gasteiger partial charge in [0.2, 0.25) is 0 Å². The lowest BCUT2D eigenvalue weighted by atomic mass is 9.80. The highest BCUT2D eigenvalue weighted by Crippen LogP contribution is 2.34. The fourth-order valence-corrected chi connectivity index (χ4v) is 5.27. The minimum Gasteiger partial charge on any atom is -0.228 e. The molecule has 0 atom stereocenters. The first-order valence-corrected chi connectivity index (χ1v) is 11.9. The zero-order valence-corrected chi connectivity index (χ0v) is 17.2. The SMILES string of the molecule is CSc1ccc(CCC2CCC(CS(=O)(=O)C(C)(C)C)CC2)cc1. The van der Waals surface area contributed by atoms with Crippen LogP contribution < -0.4 is 0 Å². The molecule has 0 amide bonds. The van der Waals surface area contributed by atoms with E-state index in [4.69, 9.17) is 0 Å². The van der Waals surface area contributed by atoms with Crippen molar-refractivity contribution in [2.45, 2.75) is 68.9 Å². The zero-order chi connectivity index (χ0) is 17.8. The van der Waals surface area contributed by atoms with E-state index in [1.165, 1.54) is 29.7 Å². The molecular formula is C20H32O2S2. The summed E-state index contributed by atoms with van der Waals surface area (Å²) in [6.45, 7) is 5.45.